The molecular formula is C11H12O2S. The Bertz CT molecular complexity index is 355. The van der Waals surface area contributed by atoms with Crippen molar-refractivity contribution in [3.63, 3.8) is 0 Å². The Hall–Kier alpha value is -1.22. The molecule has 0 aromatic heterocycles. The lowest BCUT2D eigenvalue weighted by atomic mass is 10.4. The van der Waals surface area contributed by atoms with Crippen molar-refractivity contribution in [2.24, 2.45) is 0 Å². The molecular weight excluding hydrogens is 197 g/mol. The van der Waals surface area contributed by atoms with E-state index in [1.807, 2.05) is 18.2 Å². The number of ketones is 1. The first-order valence-corrected chi connectivity index (χ1v) is 5.65. The molecule has 0 bridgehead atoms. The molecule has 1 aromatic carbocycles. The van der Waals surface area contributed by atoms with Gasteiger partial charge in [0.25, 0.3) is 0 Å². The summed E-state index contributed by atoms with van der Waals surface area (Å²) in [4.78, 5) is 11.8. The average molecular weight is 209 g/mol. The van der Waals surface area contributed by atoms with Crippen LogP contribution < -0.4 is 0 Å². The number of allylic oxidation sites excluding steroid dienone is 2. The Morgan fingerprint density at radius 1 is 1.36 bits per heavy atom. The molecule has 0 aliphatic carbocycles. The van der Waals surface area contributed by atoms with E-state index in [0.717, 1.165) is 0 Å². The molecule has 0 saturated carbocycles. The van der Waals surface area contributed by atoms with Crippen molar-refractivity contribution >= 4 is 16.6 Å². The molecule has 1 rings (SSSR count). The van der Waals surface area contributed by atoms with E-state index in [-0.39, 0.29) is 11.5 Å². The lowest BCUT2D eigenvalue weighted by Crippen LogP contribution is -2.07. The SMILES string of the molecule is CC=CC(=O)CS(=O)[13c]1ccccc1. The summed E-state index contributed by atoms with van der Waals surface area (Å²) in [5, 5.41) is 0. The summed E-state index contributed by atoms with van der Waals surface area (Å²) >= 11 is 0. The van der Waals surface area contributed by atoms with Crippen molar-refractivity contribution in [3.8, 4) is 0 Å². The number of carbonyl (C=O) groups excluding carboxylic acids is 1. The van der Waals surface area contributed by atoms with Gasteiger partial charge in [-0.2, -0.15) is 0 Å². The summed E-state index contributed by atoms with van der Waals surface area (Å²) in [6.45, 7) is 1.77. The average Bonchev–Trinajstić information content (AvgIpc) is 2.19. The molecule has 0 radical (unpaired) electrons. The third kappa shape index (κ3) is 3.26. The molecule has 3 heteroatoms. The van der Waals surface area contributed by atoms with Crippen LogP contribution in [0.2, 0.25) is 0 Å². The highest BCUT2D eigenvalue weighted by atomic mass is 32.2. The Kier molecular flexibility index (Phi) is 4.26. The number of rotatable bonds is 4. The van der Waals surface area contributed by atoms with E-state index >= 15 is 0 Å². The summed E-state index contributed by atoms with van der Waals surface area (Å²) in [7, 11) is -1.22. The summed E-state index contributed by atoms with van der Waals surface area (Å²) in [6.07, 6.45) is 3.10. The summed E-state index contributed by atoms with van der Waals surface area (Å²) < 4.78 is 11.6. The summed E-state index contributed by atoms with van der Waals surface area (Å²) in [5.74, 6) is -0.0383. The Morgan fingerprint density at radius 3 is 2.57 bits per heavy atom. The van der Waals surface area contributed by atoms with Crippen LogP contribution in [0.5, 0.6) is 0 Å². The molecule has 0 aliphatic rings. The molecule has 0 amide bonds. The zero-order valence-electron chi connectivity index (χ0n) is 7.97. The first kappa shape index (κ1) is 10.9. The Morgan fingerprint density at radius 2 is 2.00 bits per heavy atom. The smallest absolute Gasteiger partial charge is 0.168 e. The van der Waals surface area contributed by atoms with Gasteiger partial charge >= 0.3 is 0 Å². The fourth-order valence-corrected chi connectivity index (χ4v) is 2.00. The van der Waals surface area contributed by atoms with Crippen molar-refractivity contribution in [3.05, 3.63) is 42.5 Å². The molecule has 14 heavy (non-hydrogen) atoms. The van der Waals surface area contributed by atoms with Crippen molar-refractivity contribution in [1.29, 1.82) is 0 Å². The Labute approximate surface area is 86.1 Å². The van der Waals surface area contributed by atoms with Gasteiger partial charge in [0.15, 0.2) is 5.78 Å². The molecule has 1 atom stereocenters. The molecule has 0 heterocycles. The van der Waals surface area contributed by atoms with Crippen LogP contribution in [-0.4, -0.2) is 15.7 Å². The van der Waals surface area contributed by atoms with Gasteiger partial charge in [-0.3, -0.25) is 9.00 Å². The topological polar surface area (TPSA) is 34.1 Å². The molecule has 0 fully saturated rings. The predicted molar refractivity (Wildman–Crippen MR) is 57.5 cm³/mol. The maximum Gasteiger partial charge on any atom is 0.168 e. The first-order valence-electron chi connectivity index (χ1n) is 4.33. The number of carbonyl (C=O) groups is 1. The zero-order chi connectivity index (χ0) is 10.4. The predicted octanol–water partition coefficient (Wildman–Crippen LogP) is 1.94. The molecule has 1 aromatic rings. The lowest BCUT2D eigenvalue weighted by Gasteiger charge is -1.98. The van der Waals surface area contributed by atoms with Crippen LogP contribution in [0.1, 0.15) is 6.92 Å². The minimum absolute atomic E-state index is 0.0638. The molecule has 74 valence electrons. The lowest BCUT2D eigenvalue weighted by molar-refractivity contribution is -0.112. The minimum Gasteiger partial charge on any atom is -0.294 e. The third-order valence-corrected chi connectivity index (χ3v) is 2.98. The van der Waals surface area contributed by atoms with Gasteiger partial charge in [0.1, 0.15) is 0 Å². The van der Waals surface area contributed by atoms with Gasteiger partial charge in [0, 0.05) is 4.90 Å². The van der Waals surface area contributed by atoms with Crippen LogP contribution >= 0.6 is 0 Å². The monoisotopic (exact) mass is 209 g/mol. The van der Waals surface area contributed by atoms with Gasteiger partial charge in [-0.1, -0.05) is 24.3 Å². The van der Waals surface area contributed by atoms with E-state index < -0.39 is 10.8 Å². The van der Waals surface area contributed by atoms with Crippen LogP contribution in [0.15, 0.2) is 47.4 Å². The first-order chi connectivity index (χ1) is 6.74. The van der Waals surface area contributed by atoms with Crippen molar-refractivity contribution in [2.75, 3.05) is 5.75 Å². The van der Waals surface area contributed by atoms with Crippen LogP contribution in [-0.2, 0) is 15.6 Å². The number of benzene rings is 1. The maximum atomic E-state index is 11.6. The highest BCUT2D eigenvalue weighted by Crippen LogP contribution is 2.05. The van der Waals surface area contributed by atoms with E-state index in [4.69, 9.17) is 0 Å². The van der Waals surface area contributed by atoms with Crippen molar-refractivity contribution < 1.29 is 9.00 Å². The molecule has 0 aliphatic heterocycles. The van der Waals surface area contributed by atoms with E-state index in [2.05, 4.69) is 0 Å². The van der Waals surface area contributed by atoms with Gasteiger partial charge in [0.05, 0.1) is 16.6 Å². The maximum absolute atomic E-state index is 11.6. The van der Waals surface area contributed by atoms with Crippen LogP contribution in [0.25, 0.3) is 0 Å². The third-order valence-electron chi connectivity index (χ3n) is 1.63. The number of hydrogen-bond acceptors (Lipinski definition) is 2. The zero-order valence-corrected chi connectivity index (χ0v) is 8.79. The van der Waals surface area contributed by atoms with Gasteiger partial charge in [-0.25, -0.2) is 0 Å². The van der Waals surface area contributed by atoms with Crippen LogP contribution in [0.3, 0.4) is 0 Å². The largest absolute Gasteiger partial charge is 0.294 e. The van der Waals surface area contributed by atoms with Gasteiger partial charge < -0.3 is 0 Å². The Balaban J connectivity index is 2.64. The molecule has 1 unspecified atom stereocenters. The highest BCUT2D eigenvalue weighted by molar-refractivity contribution is 7.85. The number of hydrogen-bond donors (Lipinski definition) is 0. The standard InChI is InChI=1S/C11H12O2S/c1-2-6-10(12)9-14(13)11-7-4-3-5-8-11/h2-8H,9H2,1H3/i11+1. The summed E-state index contributed by atoms with van der Waals surface area (Å²) in [6, 6.07) is 9.01. The normalized spacial score (nSPS) is 12.9. The summed E-state index contributed by atoms with van der Waals surface area (Å²) in [5.41, 5.74) is 0. The van der Waals surface area contributed by atoms with E-state index in [0.29, 0.717) is 4.90 Å². The second kappa shape index (κ2) is 5.50. The van der Waals surface area contributed by atoms with E-state index in [9.17, 15) is 9.00 Å². The molecule has 0 saturated heterocycles. The quantitative estimate of drug-likeness (QED) is 0.710. The second-order valence-electron chi connectivity index (χ2n) is 2.77. The van der Waals surface area contributed by atoms with Gasteiger partial charge in [0.2, 0.25) is 0 Å². The van der Waals surface area contributed by atoms with Crippen molar-refractivity contribution in [1.82, 2.24) is 0 Å². The van der Waals surface area contributed by atoms with Gasteiger partial charge in [-0.15, -0.1) is 0 Å². The fourth-order valence-electron chi connectivity index (χ4n) is 1.02. The highest BCUT2D eigenvalue weighted by Gasteiger charge is 2.06. The molecule has 0 N–H and O–H groups in total. The van der Waals surface area contributed by atoms with Crippen LogP contribution in [0, 0.1) is 0 Å². The van der Waals surface area contributed by atoms with Crippen LogP contribution in [0.4, 0.5) is 0 Å². The van der Waals surface area contributed by atoms with Gasteiger partial charge in [-0.05, 0) is 25.1 Å². The van der Waals surface area contributed by atoms with Crippen molar-refractivity contribution in [2.45, 2.75) is 11.8 Å². The minimum atomic E-state index is -1.22. The van der Waals surface area contributed by atoms with E-state index in [1.54, 1.807) is 25.1 Å². The second-order valence-corrected chi connectivity index (χ2v) is 4.22. The molecule has 2 nitrogen and oxygen atoms in total. The van der Waals surface area contributed by atoms with E-state index in [1.165, 1.54) is 6.08 Å². The fraction of sp³-hybridized carbons (Fsp3) is 0.182. The molecule has 0 spiro atoms.